The Labute approximate surface area is 222 Å². The van der Waals surface area contributed by atoms with Crippen LogP contribution in [0.1, 0.15) is 112 Å². The molecule has 6 rings (SSSR count). The maximum Gasteiger partial charge on any atom is 0.253 e. The predicted molar refractivity (Wildman–Crippen MR) is 148 cm³/mol. The minimum absolute atomic E-state index is 0.0306. The zero-order valence-electron chi connectivity index (χ0n) is 23.1. The van der Waals surface area contributed by atoms with Crippen LogP contribution in [0.5, 0.6) is 5.75 Å². The lowest BCUT2D eigenvalue weighted by molar-refractivity contribution is -0.00347. The van der Waals surface area contributed by atoms with E-state index in [0.717, 1.165) is 37.3 Å². The number of fused-ring (bicyclic) bond motifs is 2. The summed E-state index contributed by atoms with van der Waals surface area (Å²) in [7, 11) is 0. The molecule has 1 spiro atoms. The highest BCUT2D eigenvalue weighted by molar-refractivity contribution is 5.97. The Kier molecular flexibility index (Phi) is 6.63. The van der Waals surface area contributed by atoms with Gasteiger partial charge in [0, 0.05) is 34.5 Å². The van der Waals surface area contributed by atoms with Gasteiger partial charge in [-0.15, -0.1) is 0 Å². The van der Waals surface area contributed by atoms with Gasteiger partial charge in [-0.3, -0.25) is 4.79 Å². The van der Waals surface area contributed by atoms with Gasteiger partial charge in [0.05, 0.1) is 31.4 Å². The van der Waals surface area contributed by atoms with Crippen molar-refractivity contribution in [3.8, 4) is 17.0 Å². The lowest BCUT2D eigenvalue weighted by atomic mass is 9.83. The number of nitrogens with zero attached hydrogens (tertiary/aromatic N) is 1. The Hall–Kier alpha value is -2.27. The summed E-state index contributed by atoms with van der Waals surface area (Å²) in [6.45, 7) is 9.82. The van der Waals surface area contributed by atoms with Crippen LogP contribution in [-0.4, -0.2) is 36.3 Å². The van der Waals surface area contributed by atoms with Crippen molar-refractivity contribution in [2.75, 3.05) is 19.8 Å². The number of rotatable bonds is 11. The summed E-state index contributed by atoms with van der Waals surface area (Å²) in [5.74, 6) is 1.21. The molecule has 3 heterocycles. The van der Waals surface area contributed by atoms with E-state index in [-0.39, 0.29) is 17.4 Å². The second kappa shape index (κ2) is 9.80. The Morgan fingerprint density at radius 1 is 1.00 bits per heavy atom. The number of benzene rings is 1. The summed E-state index contributed by atoms with van der Waals surface area (Å²) < 4.78 is 14.1. The fourth-order valence-corrected chi connectivity index (χ4v) is 6.42. The number of amides is 1. The lowest BCUT2D eigenvalue weighted by Gasteiger charge is -2.30. The van der Waals surface area contributed by atoms with E-state index < -0.39 is 0 Å². The lowest BCUT2D eigenvalue weighted by Crippen LogP contribution is -2.48. The minimum atomic E-state index is 0.0306. The maximum atomic E-state index is 13.3. The van der Waals surface area contributed by atoms with Gasteiger partial charge in [0.15, 0.2) is 0 Å². The van der Waals surface area contributed by atoms with Gasteiger partial charge in [0.2, 0.25) is 0 Å². The summed E-state index contributed by atoms with van der Waals surface area (Å²) in [5.41, 5.74) is 7.71. The molecule has 0 atom stereocenters. The first-order valence-corrected chi connectivity index (χ1v) is 14.8. The van der Waals surface area contributed by atoms with Gasteiger partial charge < -0.3 is 19.4 Å². The van der Waals surface area contributed by atoms with Crippen LogP contribution in [0.3, 0.4) is 0 Å². The molecule has 1 saturated heterocycles. The first-order valence-electron chi connectivity index (χ1n) is 14.8. The third-order valence-corrected chi connectivity index (χ3v) is 9.61. The van der Waals surface area contributed by atoms with E-state index in [1.165, 1.54) is 85.9 Å². The second-order valence-electron chi connectivity index (χ2n) is 12.5. The molecule has 2 aliphatic carbocycles. The SMILES string of the molecule is CCCCCCCCn1c(-c2cc(C3(C)CC3)c3c(c2)C2(CCO3)CC2)cc(C(=O)NC2COC2)c1C. The van der Waals surface area contributed by atoms with E-state index in [0.29, 0.717) is 18.6 Å². The monoisotopic (exact) mass is 504 g/mol. The molecular formula is C32H44N2O3. The molecule has 3 fully saturated rings. The van der Waals surface area contributed by atoms with E-state index in [1.807, 2.05) is 0 Å². The molecule has 1 amide bonds. The normalized spacial score (nSPS) is 20.7. The maximum absolute atomic E-state index is 13.3. The van der Waals surface area contributed by atoms with Crippen LogP contribution in [0.2, 0.25) is 0 Å². The molecule has 5 nitrogen and oxygen atoms in total. The van der Waals surface area contributed by atoms with Crippen molar-refractivity contribution in [1.82, 2.24) is 9.88 Å². The van der Waals surface area contributed by atoms with Crippen molar-refractivity contribution >= 4 is 5.91 Å². The van der Waals surface area contributed by atoms with Gasteiger partial charge in [-0.05, 0) is 74.6 Å². The van der Waals surface area contributed by atoms with Crippen molar-refractivity contribution in [2.45, 2.75) is 115 Å². The molecule has 1 N–H and O–H groups in total. The zero-order chi connectivity index (χ0) is 25.6. The molecule has 2 aromatic rings. The third kappa shape index (κ3) is 4.73. The summed E-state index contributed by atoms with van der Waals surface area (Å²) in [6.07, 6.45) is 13.7. The summed E-state index contributed by atoms with van der Waals surface area (Å²) in [6, 6.07) is 7.12. The molecule has 4 aliphatic rings. The molecule has 200 valence electrons. The first kappa shape index (κ1) is 25.0. The van der Waals surface area contributed by atoms with Crippen LogP contribution in [0.15, 0.2) is 18.2 Å². The average molecular weight is 505 g/mol. The van der Waals surface area contributed by atoms with Gasteiger partial charge in [-0.25, -0.2) is 0 Å². The number of ether oxygens (including phenoxy) is 2. The van der Waals surface area contributed by atoms with Crippen molar-refractivity contribution in [1.29, 1.82) is 0 Å². The largest absolute Gasteiger partial charge is 0.493 e. The summed E-state index contributed by atoms with van der Waals surface area (Å²) >= 11 is 0. The highest BCUT2D eigenvalue weighted by atomic mass is 16.5. The molecule has 1 aromatic carbocycles. The average Bonchev–Trinajstić information content (AvgIpc) is 3.78. The van der Waals surface area contributed by atoms with Crippen LogP contribution in [-0.2, 0) is 22.1 Å². The molecule has 2 aliphatic heterocycles. The summed E-state index contributed by atoms with van der Waals surface area (Å²) in [4.78, 5) is 13.3. The molecule has 37 heavy (non-hydrogen) atoms. The number of carbonyl (C=O) groups is 1. The third-order valence-electron chi connectivity index (χ3n) is 9.61. The molecule has 0 radical (unpaired) electrons. The van der Waals surface area contributed by atoms with Crippen molar-refractivity contribution in [3.63, 3.8) is 0 Å². The molecule has 5 heteroatoms. The van der Waals surface area contributed by atoms with E-state index in [1.54, 1.807) is 0 Å². The Bertz CT molecular complexity index is 1150. The highest BCUT2D eigenvalue weighted by Crippen LogP contribution is 2.61. The second-order valence-corrected chi connectivity index (χ2v) is 12.5. The highest BCUT2D eigenvalue weighted by Gasteiger charge is 2.51. The van der Waals surface area contributed by atoms with Crippen molar-refractivity contribution < 1.29 is 14.3 Å². The quantitative estimate of drug-likeness (QED) is 0.342. The fraction of sp³-hybridized carbons (Fsp3) is 0.656. The number of carbonyl (C=O) groups excluding carboxylic acids is 1. The van der Waals surface area contributed by atoms with Crippen molar-refractivity contribution in [2.24, 2.45) is 0 Å². The minimum Gasteiger partial charge on any atom is -0.493 e. The Morgan fingerprint density at radius 2 is 1.73 bits per heavy atom. The van der Waals surface area contributed by atoms with Crippen LogP contribution < -0.4 is 10.1 Å². The van der Waals surface area contributed by atoms with Gasteiger partial charge in [0.1, 0.15) is 5.75 Å². The van der Waals surface area contributed by atoms with Gasteiger partial charge in [-0.1, -0.05) is 46.0 Å². The van der Waals surface area contributed by atoms with E-state index >= 15 is 0 Å². The molecule has 0 unspecified atom stereocenters. The molecular weight excluding hydrogens is 460 g/mol. The van der Waals surface area contributed by atoms with Crippen molar-refractivity contribution in [3.05, 3.63) is 40.6 Å². The smallest absolute Gasteiger partial charge is 0.253 e. The Morgan fingerprint density at radius 3 is 2.41 bits per heavy atom. The van der Waals surface area contributed by atoms with Crippen LogP contribution in [0.25, 0.3) is 11.3 Å². The van der Waals surface area contributed by atoms with E-state index in [9.17, 15) is 4.79 Å². The van der Waals surface area contributed by atoms with Gasteiger partial charge in [0.25, 0.3) is 5.91 Å². The van der Waals surface area contributed by atoms with Gasteiger partial charge >= 0.3 is 0 Å². The number of hydrogen-bond acceptors (Lipinski definition) is 3. The van der Waals surface area contributed by atoms with Gasteiger partial charge in [-0.2, -0.15) is 0 Å². The van der Waals surface area contributed by atoms with Crippen LogP contribution in [0.4, 0.5) is 0 Å². The topological polar surface area (TPSA) is 52.5 Å². The number of unbranched alkanes of at least 4 members (excludes halogenated alkanes) is 5. The standard InChI is InChI=1S/C32H44N2O3/c1-4-5-6-7-8-9-15-34-22(2)25(30(35)33-24-20-36-21-24)19-28(34)23-17-26(31(3)10-11-31)29-27(18-23)32(12-13-32)14-16-37-29/h17-19,24H,4-16,20-21H2,1-3H3,(H,33,35). The Balaban J connectivity index is 1.37. The number of aromatic nitrogens is 1. The summed E-state index contributed by atoms with van der Waals surface area (Å²) in [5, 5.41) is 3.18. The fourth-order valence-electron chi connectivity index (χ4n) is 6.42. The predicted octanol–water partition coefficient (Wildman–Crippen LogP) is 6.82. The zero-order valence-corrected chi connectivity index (χ0v) is 23.1. The number of hydrogen-bond donors (Lipinski definition) is 1. The van der Waals surface area contributed by atoms with E-state index in [2.05, 4.69) is 48.9 Å². The first-order chi connectivity index (χ1) is 17.9. The van der Waals surface area contributed by atoms with Crippen LogP contribution >= 0.6 is 0 Å². The molecule has 0 bridgehead atoms. The van der Waals surface area contributed by atoms with E-state index in [4.69, 9.17) is 9.47 Å². The molecule has 2 saturated carbocycles. The molecule has 1 aromatic heterocycles. The number of nitrogens with one attached hydrogen (secondary N) is 1. The van der Waals surface area contributed by atoms with Crippen LogP contribution in [0, 0.1) is 6.92 Å².